The lowest BCUT2D eigenvalue weighted by molar-refractivity contribution is 0.0602. The summed E-state index contributed by atoms with van der Waals surface area (Å²) in [6.45, 7) is 0. The number of carbonyl (C=O) groups excluding carboxylic acids is 2. The molecule has 0 aliphatic heterocycles. The lowest BCUT2D eigenvalue weighted by atomic mass is 10.1. The summed E-state index contributed by atoms with van der Waals surface area (Å²) in [4.78, 5) is 25.7. The van der Waals surface area contributed by atoms with Gasteiger partial charge in [-0.15, -0.1) is 11.3 Å². The van der Waals surface area contributed by atoms with Gasteiger partial charge in [0.2, 0.25) is 0 Å². The Balaban J connectivity index is 1.61. The fourth-order valence-corrected chi connectivity index (χ4v) is 4.75. The molecule has 1 amide bonds. The molecule has 0 aliphatic carbocycles. The van der Waals surface area contributed by atoms with Crippen molar-refractivity contribution in [1.29, 1.82) is 0 Å². The van der Waals surface area contributed by atoms with Crippen molar-refractivity contribution in [3.8, 4) is 0 Å². The summed E-state index contributed by atoms with van der Waals surface area (Å²) in [5.74, 6) is -0.894. The van der Waals surface area contributed by atoms with E-state index in [0.717, 1.165) is 22.1 Å². The molecule has 4 aromatic rings. The molecule has 1 aromatic heterocycles. The number of thiophene rings is 1. The predicted octanol–water partition coefficient (Wildman–Crippen LogP) is 6.85. The second kappa shape index (κ2) is 9.81. The van der Waals surface area contributed by atoms with E-state index in [0.29, 0.717) is 15.6 Å². The average molecular weight is 462 g/mol. The van der Waals surface area contributed by atoms with Crippen LogP contribution in [0.1, 0.15) is 31.2 Å². The third kappa shape index (κ3) is 4.74. The standard InChI is InChI=1S/C26H20ClNO3S/c1-31-26(30)19-15-14-18(11-7-10-17-8-3-2-4-9-17)16-21(19)28-25(29)24-23(27)20-12-5-6-13-22(20)32-24/h2-9,11-16H,10H2,1H3,(H,28,29)/b11-7+. The Kier molecular flexibility index (Phi) is 6.69. The second-order valence-electron chi connectivity index (χ2n) is 7.08. The van der Waals surface area contributed by atoms with Gasteiger partial charge in [-0.1, -0.05) is 78.4 Å². The third-order valence-electron chi connectivity index (χ3n) is 4.94. The van der Waals surface area contributed by atoms with E-state index in [2.05, 4.69) is 17.4 Å². The van der Waals surface area contributed by atoms with Gasteiger partial charge in [0.05, 0.1) is 23.4 Å². The second-order valence-corrected chi connectivity index (χ2v) is 8.51. The van der Waals surface area contributed by atoms with Gasteiger partial charge >= 0.3 is 5.97 Å². The molecule has 4 nitrogen and oxygen atoms in total. The van der Waals surface area contributed by atoms with Gasteiger partial charge in [0.25, 0.3) is 5.91 Å². The van der Waals surface area contributed by atoms with E-state index >= 15 is 0 Å². The molecule has 0 bridgehead atoms. The summed E-state index contributed by atoms with van der Waals surface area (Å²) in [7, 11) is 1.31. The van der Waals surface area contributed by atoms with Crippen LogP contribution in [-0.2, 0) is 11.2 Å². The van der Waals surface area contributed by atoms with Gasteiger partial charge in [-0.05, 0) is 35.7 Å². The molecular formula is C26H20ClNO3S. The maximum atomic E-state index is 13.0. The number of anilines is 1. The Hall–Kier alpha value is -3.41. The van der Waals surface area contributed by atoms with Crippen molar-refractivity contribution in [2.45, 2.75) is 6.42 Å². The largest absolute Gasteiger partial charge is 0.465 e. The molecule has 160 valence electrons. The van der Waals surface area contributed by atoms with E-state index < -0.39 is 5.97 Å². The molecule has 1 heterocycles. The third-order valence-corrected chi connectivity index (χ3v) is 6.62. The smallest absolute Gasteiger partial charge is 0.339 e. The molecule has 0 unspecified atom stereocenters. The quantitative estimate of drug-likeness (QED) is 0.319. The Morgan fingerprint density at radius 2 is 1.78 bits per heavy atom. The number of fused-ring (bicyclic) bond motifs is 1. The normalized spacial score (nSPS) is 11.1. The van der Waals surface area contributed by atoms with Gasteiger partial charge in [-0.3, -0.25) is 4.79 Å². The van der Waals surface area contributed by atoms with Gasteiger partial charge in [-0.2, -0.15) is 0 Å². The summed E-state index contributed by atoms with van der Waals surface area (Å²) in [5, 5.41) is 4.08. The molecule has 0 spiro atoms. The van der Waals surface area contributed by atoms with E-state index in [4.69, 9.17) is 16.3 Å². The van der Waals surface area contributed by atoms with Crippen LogP contribution in [0.4, 0.5) is 5.69 Å². The zero-order valence-electron chi connectivity index (χ0n) is 17.3. The summed E-state index contributed by atoms with van der Waals surface area (Å²) >= 11 is 7.77. The molecule has 1 N–H and O–H groups in total. The number of allylic oxidation sites excluding steroid dienone is 1. The molecule has 4 rings (SSSR count). The van der Waals surface area contributed by atoms with Crippen molar-refractivity contribution in [2.75, 3.05) is 12.4 Å². The highest BCUT2D eigenvalue weighted by Gasteiger charge is 2.20. The first kappa shape index (κ1) is 21.8. The van der Waals surface area contributed by atoms with E-state index in [1.165, 1.54) is 24.0 Å². The molecule has 0 atom stereocenters. The number of benzene rings is 3. The van der Waals surface area contributed by atoms with Crippen LogP contribution >= 0.6 is 22.9 Å². The van der Waals surface area contributed by atoms with Crippen LogP contribution in [0.5, 0.6) is 0 Å². The lowest BCUT2D eigenvalue weighted by Crippen LogP contribution is -2.15. The molecule has 32 heavy (non-hydrogen) atoms. The number of methoxy groups -OCH3 is 1. The Morgan fingerprint density at radius 1 is 1.03 bits per heavy atom. The molecule has 0 saturated heterocycles. The average Bonchev–Trinajstić information content (AvgIpc) is 3.16. The van der Waals surface area contributed by atoms with Gasteiger partial charge in [-0.25, -0.2) is 4.79 Å². The van der Waals surface area contributed by atoms with Gasteiger partial charge in [0, 0.05) is 10.1 Å². The van der Waals surface area contributed by atoms with E-state index in [-0.39, 0.29) is 11.5 Å². The first-order valence-corrected chi connectivity index (χ1v) is 11.2. The highest BCUT2D eigenvalue weighted by atomic mass is 35.5. The number of hydrogen-bond acceptors (Lipinski definition) is 4. The monoisotopic (exact) mass is 461 g/mol. The number of halogens is 1. The first-order valence-electron chi connectivity index (χ1n) is 9.98. The van der Waals surface area contributed by atoms with Crippen molar-refractivity contribution in [2.24, 2.45) is 0 Å². The van der Waals surface area contributed by atoms with Crippen LogP contribution in [0, 0.1) is 0 Å². The fourth-order valence-electron chi connectivity index (χ4n) is 3.34. The number of esters is 1. The van der Waals surface area contributed by atoms with Gasteiger partial charge in [0.15, 0.2) is 0 Å². The van der Waals surface area contributed by atoms with Gasteiger partial charge in [0.1, 0.15) is 4.88 Å². The van der Waals surface area contributed by atoms with Crippen LogP contribution in [0.25, 0.3) is 16.2 Å². The van der Waals surface area contributed by atoms with Crippen molar-refractivity contribution in [1.82, 2.24) is 0 Å². The maximum Gasteiger partial charge on any atom is 0.339 e. The van der Waals surface area contributed by atoms with Crippen molar-refractivity contribution in [3.63, 3.8) is 0 Å². The van der Waals surface area contributed by atoms with E-state index in [1.807, 2.05) is 60.7 Å². The van der Waals surface area contributed by atoms with E-state index in [9.17, 15) is 9.59 Å². The number of ether oxygens (including phenoxy) is 1. The van der Waals surface area contributed by atoms with E-state index in [1.54, 1.807) is 12.1 Å². The lowest BCUT2D eigenvalue weighted by Gasteiger charge is -2.10. The number of amides is 1. The summed E-state index contributed by atoms with van der Waals surface area (Å²) < 4.78 is 5.81. The molecule has 3 aromatic carbocycles. The minimum Gasteiger partial charge on any atom is -0.465 e. The number of hydrogen-bond donors (Lipinski definition) is 1. The molecule has 6 heteroatoms. The zero-order chi connectivity index (χ0) is 22.5. The molecular weight excluding hydrogens is 442 g/mol. The molecule has 0 fully saturated rings. The number of nitrogens with one attached hydrogen (secondary N) is 1. The SMILES string of the molecule is COC(=O)c1ccc(/C=C/Cc2ccccc2)cc1NC(=O)c1sc2ccccc2c1Cl. The summed E-state index contributed by atoms with van der Waals surface area (Å²) in [6.07, 6.45) is 4.77. The van der Waals surface area contributed by atoms with Crippen molar-refractivity contribution >= 4 is 56.7 Å². The van der Waals surface area contributed by atoms with Crippen LogP contribution in [0.15, 0.2) is 78.9 Å². The van der Waals surface area contributed by atoms with Crippen LogP contribution in [0.3, 0.4) is 0 Å². The minimum atomic E-state index is -0.525. The molecule has 0 radical (unpaired) electrons. The number of rotatable bonds is 6. The Morgan fingerprint density at radius 3 is 2.53 bits per heavy atom. The van der Waals surface area contributed by atoms with Crippen molar-refractivity contribution in [3.05, 3.63) is 105 Å². The van der Waals surface area contributed by atoms with Crippen LogP contribution in [-0.4, -0.2) is 19.0 Å². The first-order chi connectivity index (χ1) is 15.6. The summed E-state index contributed by atoms with van der Waals surface area (Å²) in [5.41, 5.74) is 2.70. The topological polar surface area (TPSA) is 55.4 Å². The molecule has 0 saturated carbocycles. The minimum absolute atomic E-state index is 0.276. The highest BCUT2D eigenvalue weighted by molar-refractivity contribution is 7.21. The van der Waals surface area contributed by atoms with Crippen molar-refractivity contribution < 1.29 is 14.3 Å². The Bertz CT molecular complexity index is 1310. The maximum absolute atomic E-state index is 13.0. The van der Waals surface area contributed by atoms with Crippen LogP contribution in [0.2, 0.25) is 5.02 Å². The predicted molar refractivity (Wildman–Crippen MR) is 132 cm³/mol. The van der Waals surface area contributed by atoms with Crippen LogP contribution < -0.4 is 5.32 Å². The Labute approximate surface area is 195 Å². The van der Waals surface area contributed by atoms with Gasteiger partial charge < -0.3 is 10.1 Å². The highest BCUT2D eigenvalue weighted by Crippen LogP contribution is 2.35. The number of carbonyl (C=O) groups is 2. The molecule has 0 aliphatic rings. The summed E-state index contributed by atoms with van der Waals surface area (Å²) in [6, 6.07) is 22.9. The zero-order valence-corrected chi connectivity index (χ0v) is 18.9. The fraction of sp³-hybridized carbons (Fsp3) is 0.0769.